The predicted octanol–water partition coefficient (Wildman–Crippen LogP) is 5.89. The predicted molar refractivity (Wildman–Crippen MR) is 116 cm³/mol. The Kier molecular flexibility index (Phi) is 6.94. The van der Waals surface area contributed by atoms with Crippen molar-refractivity contribution in [3.05, 3.63) is 94.5 Å². The Labute approximate surface area is 179 Å². The van der Waals surface area contributed by atoms with Crippen molar-refractivity contribution in [2.45, 2.75) is 26.1 Å². The van der Waals surface area contributed by atoms with Gasteiger partial charge in [0.15, 0.2) is 5.60 Å². The van der Waals surface area contributed by atoms with E-state index in [-0.39, 0.29) is 12.6 Å². The summed E-state index contributed by atoms with van der Waals surface area (Å²) in [6, 6.07) is 25.2. The van der Waals surface area contributed by atoms with Gasteiger partial charge in [0.2, 0.25) is 0 Å². The van der Waals surface area contributed by atoms with Crippen molar-refractivity contribution in [2.24, 2.45) is 0 Å². The molecule has 0 aliphatic carbocycles. The monoisotopic (exact) mass is 454 g/mol. The van der Waals surface area contributed by atoms with E-state index in [1.807, 2.05) is 85.8 Å². The summed E-state index contributed by atoms with van der Waals surface area (Å²) in [5.41, 5.74) is 1.17. The molecule has 0 amide bonds. The molecule has 5 heteroatoms. The smallest absolute Gasteiger partial charge is 0.302 e. The van der Waals surface area contributed by atoms with Crippen molar-refractivity contribution in [2.75, 3.05) is 6.61 Å². The number of rotatable bonds is 8. The van der Waals surface area contributed by atoms with E-state index in [1.54, 1.807) is 0 Å². The Morgan fingerprint density at radius 1 is 0.897 bits per heavy atom. The van der Waals surface area contributed by atoms with Gasteiger partial charge < -0.3 is 14.2 Å². The third kappa shape index (κ3) is 6.09. The van der Waals surface area contributed by atoms with Crippen molar-refractivity contribution in [3.8, 4) is 11.5 Å². The summed E-state index contributed by atoms with van der Waals surface area (Å²) in [4.78, 5) is 11.3. The highest BCUT2D eigenvalue weighted by Gasteiger charge is 2.30. The number of hydrogen-bond donors (Lipinski definition) is 0. The minimum Gasteiger partial charge on any atom is -0.489 e. The maximum Gasteiger partial charge on any atom is 0.302 e. The van der Waals surface area contributed by atoms with Crippen LogP contribution < -0.4 is 9.47 Å². The minimum atomic E-state index is -0.789. The summed E-state index contributed by atoms with van der Waals surface area (Å²) in [7, 11) is 0. The highest BCUT2D eigenvalue weighted by Crippen LogP contribution is 2.29. The molecule has 0 saturated heterocycles. The molecule has 0 spiro atoms. The average molecular weight is 455 g/mol. The summed E-state index contributed by atoms with van der Waals surface area (Å²) in [6.07, 6.45) is 0. The molecule has 3 aromatic rings. The molecule has 0 radical (unpaired) electrons. The van der Waals surface area contributed by atoms with E-state index in [0.717, 1.165) is 21.3 Å². The Morgan fingerprint density at radius 3 is 2.14 bits per heavy atom. The van der Waals surface area contributed by atoms with E-state index in [1.165, 1.54) is 6.92 Å². The molecule has 0 aromatic heterocycles. The second-order valence-electron chi connectivity index (χ2n) is 6.87. The zero-order valence-corrected chi connectivity index (χ0v) is 18.0. The topological polar surface area (TPSA) is 44.8 Å². The Hall–Kier alpha value is -2.79. The fourth-order valence-electron chi connectivity index (χ4n) is 2.81. The normalized spacial score (nSPS) is 12.7. The van der Waals surface area contributed by atoms with Gasteiger partial charge in [-0.2, -0.15) is 0 Å². The summed E-state index contributed by atoms with van der Waals surface area (Å²) >= 11 is 3.41. The molecule has 1 atom stereocenters. The van der Waals surface area contributed by atoms with Crippen molar-refractivity contribution in [1.29, 1.82) is 0 Å². The van der Waals surface area contributed by atoms with Crippen LogP contribution in [-0.2, 0) is 21.7 Å². The molecular formula is C24H23BrO4. The first-order chi connectivity index (χ1) is 13.9. The number of esters is 1. The second-order valence-corrected chi connectivity index (χ2v) is 7.78. The Balaban J connectivity index is 1.68. The summed E-state index contributed by atoms with van der Waals surface area (Å²) < 4.78 is 18.3. The molecule has 150 valence electrons. The van der Waals surface area contributed by atoms with Gasteiger partial charge in [0.05, 0.1) is 0 Å². The minimum absolute atomic E-state index is 0.126. The first kappa shape index (κ1) is 20.9. The van der Waals surface area contributed by atoms with Crippen LogP contribution in [0.2, 0.25) is 0 Å². The quantitative estimate of drug-likeness (QED) is 0.398. The van der Waals surface area contributed by atoms with Crippen molar-refractivity contribution >= 4 is 21.9 Å². The van der Waals surface area contributed by atoms with E-state index in [9.17, 15) is 4.79 Å². The van der Waals surface area contributed by atoms with E-state index in [4.69, 9.17) is 14.2 Å². The lowest BCUT2D eigenvalue weighted by atomic mass is 9.96. The van der Waals surface area contributed by atoms with E-state index in [2.05, 4.69) is 15.9 Å². The van der Waals surface area contributed by atoms with Crippen molar-refractivity contribution in [1.82, 2.24) is 0 Å². The van der Waals surface area contributed by atoms with Crippen LogP contribution in [0, 0.1) is 0 Å². The average Bonchev–Trinajstić information content (AvgIpc) is 2.74. The van der Waals surface area contributed by atoms with Gasteiger partial charge in [0.1, 0.15) is 24.7 Å². The molecule has 29 heavy (non-hydrogen) atoms. The molecule has 4 nitrogen and oxygen atoms in total. The summed E-state index contributed by atoms with van der Waals surface area (Å²) in [6.45, 7) is 3.90. The number of hydrogen-bond acceptors (Lipinski definition) is 4. The third-order valence-electron chi connectivity index (χ3n) is 4.42. The largest absolute Gasteiger partial charge is 0.489 e. The van der Waals surface area contributed by atoms with Crippen LogP contribution in [0.4, 0.5) is 0 Å². The van der Waals surface area contributed by atoms with Gasteiger partial charge in [-0.05, 0) is 54.4 Å². The van der Waals surface area contributed by atoms with Gasteiger partial charge in [0, 0.05) is 11.4 Å². The second kappa shape index (κ2) is 9.61. The molecule has 0 heterocycles. The van der Waals surface area contributed by atoms with E-state index in [0.29, 0.717) is 12.4 Å². The van der Waals surface area contributed by atoms with Gasteiger partial charge in [-0.3, -0.25) is 4.79 Å². The lowest BCUT2D eigenvalue weighted by Crippen LogP contribution is -2.35. The standard InChI is InChI=1S/C24H23BrO4/c1-18(26)28-17-24(2,20-6-4-3-5-7-20)29-23-12-8-19(9-13-23)16-27-22-14-10-21(25)11-15-22/h3-15H,16-17H2,1-2H3. The lowest BCUT2D eigenvalue weighted by molar-refractivity contribution is -0.147. The zero-order chi connectivity index (χ0) is 20.7. The number of ether oxygens (including phenoxy) is 3. The third-order valence-corrected chi connectivity index (χ3v) is 4.95. The van der Waals surface area contributed by atoms with E-state index < -0.39 is 5.60 Å². The fraction of sp³-hybridized carbons (Fsp3) is 0.208. The number of carbonyl (C=O) groups excluding carboxylic acids is 1. The van der Waals surface area contributed by atoms with Crippen LogP contribution in [0.5, 0.6) is 11.5 Å². The van der Waals surface area contributed by atoms with Gasteiger partial charge in [-0.25, -0.2) is 0 Å². The van der Waals surface area contributed by atoms with Gasteiger partial charge >= 0.3 is 5.97 Å². The van der Waals surface area contributed by atoms with Crippen LogP contribution in [0.3, 0.4) is 0 Å². The molecule has 1 unspecified atom stereocenters. The first-order valence-corrected chi connectivity index (χ1v) is 10.1. The molecular weight excluding hydrogens is 432 g/mol. The number of halogens is 1. The van der Waals surface area contributed by atoms with Gasteiger partial charge in [0.25, 0.3) is 0 Å². The molecule has 0 fully saturated rings. The highest BCUT2D eigenvalue weighted by molar-refractivity contribution is 9.10. The van der Waals surface area contributed by atoms with Gasteiger partial charge in [-0.15, -0.1) is 0 Å². The maximum atomic E-state index is 11.3. The van der Waals surface area contributed by atoms with Crippen LogP contribution in [0.15, 0.2) is 83.3 Å². The van der Waals surface area contributed by atoms with Gasteiger partial charge in [-0.1, -0.05) is 58.4 Å². The molecule has 0 N–H and O–H groups in total. The lowest BCUT2D eigenvalue weighted by Gasteiger charge is -2.30. The Morgan fingerprint density at radius 2 is 1.52 bits per heavy atom. The van der Waals surface area contributed by atoms with Crippen molar-refractivity contribution < 1.29 is 19.0 Å². The van der Waals surface area contributed by atoms with Crippen LogP contribution >= 0.6 is 15.9 Å². The summed E-state index contributed by atoms with van der Waals surface area (Å²) in [5, 5.41) is 0. The molecule has 0 bridgehead atoms. The number of benzene rings is 3. The zero-order valence-electron chi connectivity index (χ0n) is 16.4. The highest BCUT2D eigenvalue weighted by atomic mass is 79.9. The molecule has 0 saturated carbocycles. The molecule has 3 aromatic carbocycles. The number of carbonyl (C=O) groups is 1. The molecule has 3 rings (SSSR count). The van der Waals surface area contributed by atoms with Crippen LogP contribution in [-0.4, -0.2) is 12.6 Å². The fourth-order valence-corrected chi connectivity index (χ4v) is 3.08. The molecule has 0 aliphatic heterocycles. The maximum absolute atomic E-state index is 11.3. The Bertz CT molecular complexity index is 923. The van der Waals surface area contributed by atoms with Crippen molar-refractivity contribution in [3.63, 3.8) is 0 Å². The van der Waals surface area contributed by atoms with Crippen LogP contribution in [0.25, 0.3) is 0 Å². The van der Waals surface area contributed by atoms with Crippen LogP contribution in [0.1, 0.15) is 25.0 Å². The summed E-state index contributed by atoms with van der Waals surface area (Å²) in [5.74, 6) is 1.17. The SMILES string of the molecule is CC(=O)OCC(C)(Oc1ccc(COc2ccc(Br)cc2)cc1)c1ccccc1. The molecule has 0 aliphatic rings. The first-order valence-electron chi connectivity index (χ1n) is 9.30. The van der Waals surface area contributed by atoms with E-state index >= 15 is 0 Å².